The summed E-state index contributed by atoms with van der Waals surface area (Å²) in [5.74, 6) is -0.819. The standard InChI is InChI=1S/C17H30O4/c1-7-15(2,3)14(19)20-12-13(18)21-16(4,5)17(6)10-8-9-11-17/h7-12H2,1-6H3. The molecular weight excluding hydrogens is 268 g/mol. The summed E-state index contributed by atoms with van der Waals surface area (Å²) < 4.78 is 10.7. The molecule has 0 atom stereocenters. The quantitative estimate of drug-likeness (QED) is 0.699. The van der Waals surface area contributed by atoms with Gasteiger partial charge >= 0.3 is 11.9 Å². The van der Waals surface area contributed by atoms with E-state index in [0.717, 1.165) is 12.8 Å². The van der Waals surface area contributed by atoms with Crippen molar-refractivity contribution in [2.75, 3.05) is 6.61 Å². The Labute approximate surface area is 128 Å². The van der Waals surface area contributed by atoms with E-state index in [2.05, 4.69) is 6.92 Å². The Morgan fingerprint density at radius 3 is 2.10 bits per heavy atom. The van der Waals surface area contributed by atoms with Crippen molar-refractivity contribution < 1.29 is 19.1 Å². The normalized spacial score (nSPS) is 18.4. The fraction of sp³-hybridized carbons (Fsp3) is 0.882. The van der Waals surface area contributed by atoms with Crippen LogP contribution in [0.5, 0.6) is 0 Å². The maximum atomic E-state index is 12.0. The molecule has 0 aromatic carbocycles. The van der Waals surface area contributed by atoms with Crippen LogP contribution in [0.3, 0.4) is 0 Å². The van der Waals surface area contributed by atoms with Gasteiger partial charge < -0.3 is 9.47 Å². The van der Waals surface area contributed by atoms with Gasteiger partial charge in [0.1, 0.15) is 5.60 Å². The molecular formula is C17H30O4. The van der Waals surface area contributed by atoms with E-state index >= 15 is 0 Å². The molecule has 0 aromatic rings. The summed E-state index contributed by atoms with van der Waals surface area (Å²) in [6.45, 7) is 11.3. The molecule has 1 aliphatic rings. The maximum Gasteiger partial charge on any atom is 0.344 e. The van der Waals surface area contributed by atoms with Gasteiger partial charge in [0.2, 0.25) is 0 Å². The monoisotopic (exact) mass is 298 g/mol. The van der Waals surface area contributed by atoms with Gasteiger partial charge in [-0.3, -0.25) is 4.79 Å². The van der Waals surface area contributed by atoms with E-state index < -0.39 is 17.0 Å². The average molecular weight is 298 g/mol. The second-order valence-corrected chi connectivity index (χ2v) is 7.57. The first kappa shape index (κ1) is 18.0. The first-order valence-corrected chi connectivity index (χ1v) is 7.93. The molecule has 0 saturated heterocycles. The third kappa shape index (κ3) is 4.21. The van der Waals surface area contributed by atoms with Gasteiger partial charge in [-0.2, -0.15) is 0 Å². The molecule has 122 valence electrons. The molecule has 0 N–H and O–H groups in total. The van der Waals surface area contributed by atoms with E-state index in [1.54, 1.807) is 0 Å². The highest BCUT2D eigenvalue weighted by Crippen LogP contribution is 2.47. The number of carbonyl (C=O) groups is 2. The largest absolute Gasteiger partial charge is 0.457 e. The molecule has 0 amide bonds. The van der Waals surface area contributed by atoms with Crippen molar-refractivity contribution in [2.24, 2.45) is 10.8 Å². The third-order valence-electron chi connectivity index (χ3n) is 5.29. The van der Waals surface area contributed by atoms with Crippen molar-refractivity contribution in [3.05, 3.63) is 0 Å². The van der Waals surface area contributed by atoms with Crippen molar-refractivity contribution in [3.8, 4) is 0 Å². The molecule has 4 heteroatoms. The minimum atomic E-state index is -0.562. The summed E-state index contributed by atoms with van der Waals surface area (Å²) in [5.41, 5.74) is -1.09. The fourth-order valence-corrected chi connectivity index (χ4v) is 2.66. The molecule has 1 rings (SSSR count). The smallest absolute Gasteiger partial charge is 0.344 e. The molecule has 1 fully saturated rings. The van der Waals surface area contributed by atoms with Crippen LogP contribution in [0, 0.1) is 10.8 Å². The molecule has 1 aliphatic carbocycles. The van der Waals surface area contributed by atoms with Crippen LogP contribution in [0.25, 0.3) is 0 Å². The molecule has 4 nitrogen and oxygen atoms in total. The lowest BCUT2D eigenvalue weighted by Gasteiger charge is -2.40. The predicted octanol–water partition coefficient (Wildman–Crippen LogP) is 3.87. The van der Waals surface area contributed by atoms with E-state index in [-0.39, 0.29) is 18.0 Å². The van der Waals surface area contributed by atoms with Crippen LogP contribution in [-0.2, 0) is 19.1 Å². The number of hydrogen-bond acceptors (Lipinski definition) is 4. The van der Waals surface area contributed by atoms with E-state index in [0.29, 0.717) is 6.42 Å². The maximum absolute atomic E-state index is 12.0. The zero-order chi connectivity index (χ0) is 16.3. The van der Waals surface area contributed by atoms with Crippen LogP contribution >= 0.6 is 0 Å². The van der Waals surface area contributed by atoms with E-state index in [1.807, 2.05) is 34.6 Å². The Bertz CT molecular complexity index is 390. The molecule has 0 aliphatic heterocycles. The van der Waals surface area contributed by atoms with Gasteiger partial charge in [-0.1, -0.05) is 26.7 Å². The van der Waals surface area contributed by atoms with Gasteiger partial charge in [0.25, 0.3) is 0 Å². The minimum Gasteiger partial charge on any atom is -0.457 e. The topological polar surface area (TPSA) is 52.6 Å². The summed E-state index contributed by atoms with van der Waals surface area (Å²) in [4.78, 5) is 23.8. The fourth-order valence-electron chi connectivity index (χ4n) is 2.66. The molecule has 1 saturated carbocycles. The SMILES string of the molecule is CCC(C)(C)C(=O)OCC(=O)OC(C)(C)C1(C)CCCC1. The van der Waals surface area contributed by atoms with E-state index in [1.165, 1.54) is 12.8 Å². The van der Waals surface area contributed by atoms with Gasteiger partial charge in [0.05, 0.1) is 5.41 Å². The molecule has 0 aromatic heterocycles. The second-order valence-electron chi connectivity index (χ2n) is 7.57. The van der Waals surface area contributed by atoms with Gasteiger partial charge in [0.15, 0.2) is 6.61 Å². The first-order chi connectivity index (χ1) is 9.54. The zero-order valence-electron chi connectivity index (χ0n) is 14.4. The lowest BCUT2D eigenvalue weighted by atomic mass is 9.74. The van der Waals surface area contributed by atoms with E-state index in [9.17, 15) is 9.59 Å². The Morgan fingerprint density at radius 1 is 1.10 bits per heavy atom. The molecule has 0 unspecified atom stereocenters. The highest BCUT2D eigenvalue weighted by molar-refractivity contribution is 5.79. The van der Waals surface area contributed by atoms with Crippen LogP contribution in [-0.4, -0.2) is 24.1 Å². The average Bonchev–Trinajstić information content (AvgIpc) is 2.84. The first-order valence-electron chi connectivity index (χ1n) is 7.93. The highest BCUT2D eigenvalue weighted by Gasteiger charge is 2.45. The predicted molar refractivity (Wildman–Crippen MR) is 81.8 cm³/mol. The number of esters is 2. The number of ether oxygens (including phenoxy) is 2. The Hall–Kier alpha value is -1.06. The summed E-state index contributed by atoms with van der Waals surface area (Å²) >= 11 is 0. The number of rotatable bonds is 6. The zero-order valence-corrected chi connectivity index (χ0v) is 14.4. The van der Waals surface area contributed by atoms with Crippen LogP contribution in [0.15, 0.2) is 0 Å². The van der Waals surface area contributed by atoms with Crippen molar-refractivity contribution in [2.45, 2.75) is 79.2 Å². The third-order valence-corrected chi connectivity index (χ3v) is 5.29. The highest BCUT2D eigenvalue weighted by atomic mass is 16.6. The molecule has 0 heterocycles. The molecule has 0 bridgehead atoms. The Morgan fingerprint density at radius 2 is 1.62 bits per heavy atom. The van der Waals surface area contributed by atoms with Crippen molar-refractivity contribution in [1.29, 1.82) is 0 Å². The van der Waals surface area contributed by atoms with Gasteiger partial charge in [-0.15, -0.1) is 0 Å². The van der Waals surface area contributed by atoms with Crippen molar-refractivity contribution >= 4 is 11.9 Å². The summed E-state index contributed by atoms with van der Waals surface area (Å²) in [7, 11) is 0. The van der Waals surface area contributed by atoms with Gasteiger partial charge in [-0.25, -0.2) is 4.79 Å². The van der Waals surface area contributed by atoms with Gasteiger partial charge in [-0.05, 0) is 47.0 Å². The number of carbonyl (C=O) groups excluding carboxylic acids is 2. The van der Waals surface area contributed by atoms with Crippen molar-refractivity contribution in [3.63, 3.8) is 0 Å². The van der Waals surface area contributed by atoms with Gasteiger partial charge in [0, 0.05) is 5.41 Å². The summed E-state index contributed by atoms with van der Waals surface area (Å²) in [6.07, 6.45) is 5.16. The minimum absolute atomic E-state index is 0.00928. The second kappa shape index (κ2) is 6.37. The van der Waals surface area contributed by atoms with Crippen LogP contribution in [0.2, 0.25) is 0 Å². The Balaban J connectivity index is 2.52. The molecule has 0 radical (unpaired) electrons. The summed E-state index contributed by atoms with van der Waals surface area (Å²) in [6, 6.07) is 0. The van der Waals surface area contributed by atoms with E-state index in [4.69, 9.17) is 9.47 Å². The number of hydrogen-bond donors (Lipinski definition) is 0. The van der Waals surface area contributed by atoms with Crippen molar-refractivity contribution in [1.82, 2.24) is 0 Å². The molecule has 21 heavy (non-hydrogen) atoms. The van der Waals surface area contributed by atoms with Crippen LogP contribution in [0.1, 0.15) is 73.6 Å². The lowest BCUT2D eigenvalue weighted by molar-refractivity contribution is -0.180. The van der Waals surface area contributed by atoms with Crippen LogP contribution < -0.4 is 0 Å². The van der Waals surface area contributed by atoms with Crippen LogP contribution in [0.4, 0.5) is 0 Å². The lowest BCUT2D eigenvalue weighted by Crippen LogP contribution is -2.44. The summed E-state index contributed by atoms with van der Waals surface area (Å²) in [5, 5.41) is 0. The Kier molecular flexibility index (Phi) is 5.46. The molecule has 0 spiro atoms.